The minimum absolute atomic E-state index is 0.0891. The fourth-order valence-corrected chi connectivity index (χ4v) is 3.71. The summed E-state index contributed by atoms with van der Waals surface area (Å²) in [5.41, 5.74) is 8.97. The number of nitrogen functional groups attached to an aromatic ring is 1. The number of aromatic hydroxyl groups is 1. The van der Waals surface area contributed by atoms with Crippen LogP contribution in [0.25, 0.3) is 22.3 Å². The molecule has 3 N–H and O–H groups in total. The van der Waals surface area contributed by atoms with Crippen LogP contribution in [0.1, 0.15) is 5.56 Å². The van der Waals surface area contributed by atoms with Crippen LogP contribution < -0.4 is 5.73 Å². The number of rotatable bonds is 7. The van der Waals surface area contributed by atoms with Crippen LogP contribution in [0.15, 0.2) is 72.0 Å². The van der Waals surface area contributed by atoms with Gasteiger partial charge in [0.2, 0.25) is 5.91 Å². The van der Waals surface area contributed by atoms with E-state index in [1.54, 1.807) is 21.7 Å². The van der Waals surface area contributed by atoms with Gasteiger partial charge in [0.15, 0.2) is 5.65 Å². The number of anilines is 1. The summed E-state index contributed by atoms with van der Waals surface area (Å²) in [4.78, 5) is 22.6. The fourth-order valence-electron chi connectivity index (χ4n) is 3.46. The molecule has 0 bridgehead atoms. The zero-order valence-electron chi connectivity index (χ0n) is 17.1. The van der Waals surface area contributed by atoms with Crippen molar-refractivity contribution < 1.29 is 9.90 Å². The number of hydrogen-bond donors (Lipinski definition) is 2. The van der Waals surface area contributed by atoms with E-state index in [4.69, 9.17) is 10.8 Å². The topological polar surface area (TPSA) is 110 Å². The van der Waals surface area contributed by atoms with Gasteiger partial charge in [-0.15, -0.1) is 0 Å². The second-order valence-corrected chi connectivity index (χ2v) is 8.00. The highest BCUT2D eigenvalue weighted by Crippen LogP contribution is 2.34. The van der Waals surface area contributed by atoms with Crippen LogP contribution in [-0.4, -0.2) is 42.2 Å². The van der Waals surface area contributed by atoms with E-state index in [9.17, 15) is 9.90 Å². The predicted octanol–water partition coefficient (Wildman–Crippen LogP) is 3.76. The van der Waals surface area contributed by atoms with E-state index in [-0.39, 0.29) is 11.7 Å². The Morgan fingerprint density at radius 2 is 2.00 bits per heavy atom. The number of phenols is 1. The number of nitrogens with two attached hydrogens (primary N) is 1. The lowest BCUT2D eigenvalue weighted by molar-refractivity contribution is -0.126. The van der Waals surface area contributed by atoms with Crippen LogP contribution in [0.2, 0.25) is 0 Å². The summed E-state index contributed by atoms with van der Waals surface area (Å²) in [5.74, 6) is 0.214. The molecule has 1 amide bonds. The van der Waals surface area contributed by atoms with E-state index < -0.39 is 0 Å². The summed E-state index contributed by atoms with van der Waals surface area (Å²) in [7, 11) is 0. The van der Waals surface area contributed by atoms with Crippen LogP contribution in [-0.2, 0) is 17.9 Å². The molecule has 0 saturated heterocycles. The molecule has 0 saturated carbocycles. The van der Waals surface area contributed by atoms with Gasteiger partial charge < -0.3 is 15.7 Å². The number of nitrogens with zero attached hydrogens (tertiary/aromatic N) is 5. The zero-order chi connectivity index (χ0) is 22.7. The van der Waals surface area contributed by atoms with Crippen molar-refractivity contribution in [3.8, 4) is 17.0 Å². The number of carbonyl (C=O) groups excluding carboxylic acids is 1. The summed E-state index contributed by atoms with van der Waals surface area (Å²) < 4.78 is 2.28. The lowest BCUT2D eigenvalue weighted by atomic mass is 10.1. The molecular formula is C23H21BrN6O2. The van der Waals surface area contributed by atoms with Gasteiger partial charge in [0.1, 0.15) is 23.6 Å². The Morgan fingerprint density at radius 3 is 2.72 bits per heavy atom. The van der Waals surface area contributed by atoms with Gasteiger partial charge in [-0.3, -0.25) is 4.79 Å². The smallest absolute Gasteiger partial charge is 0.246 e. The Labute approximate surface area is 193 Å². The van der Waals surface area contributed by atoms with Crippen molar-refractivity contribution in [3.05, 3.63) is 77.5 Å². The van der Waals surface area contributed by atoms with Crippen LogP contribution in [0, 0.1) is 0 Å². The largest absolute Gasteiger partial charge is 0.507 e. The van der Waals surface area contributed by atoms with Gasteiger partial charge in [0.25, 0.3) is 0 Å². The third kappa shape index (κ3) is 4.33. The van der Waals surface area contributed by atoms with Gasteiger partial charge in [-0.05, 0) is 39.7 Å². The third-order valence-corrected chi connectivity index (χ3v) is 5.73. The molecule has 0 atom stereocenters. The highest BCUT2D eigenvalue weighted by molar-refractivity contribution is 9.10. The van der Waals surface area contributed by atoms with Crippen LogP contribution in [0.5, 0.6) is 5.75 Å². The molecule has 2 aromatic heterocycles. The van der Waals surface area contributed by atoms with E-state index >= 15 is 0 Å². The second-order valence-electron chi connectivity index (χ2n) is 7.14. The molecule has 0 fully saturated rings. The molecule has 4 rings (SSSR count). The maximum atomic E-state index is 12.5. The zero-order valence-corrected chi connectivity index (χ0v) is 18.7. The minimum atomic E-state index is -0.169. The van der Waals surface area contributed by atoms with Crippen molar-refractivity contribution in [1.82, 2.24) is 24.6 Å². The SMILES string of the molecule is C=CC(=O)N(CCn1nc(-c2ccc(Br)c(O)c2)c2c(N)ncnc21)Cc1ccccc1. The highest BCUT2D eigenvalue weighted by Gasteiger charge is 2.19. The average Bonchev–Trinajstić information content (AvgIpc) is 3.18. The van der Waals surface area contributed by atoms with Crippen molar-refractivity contribution in [2.24, 2.45) is 0 Å². The number of fused-ring (bicyclic) bond motifs is 1. The molecule has 8 nitrogen and oxygen atoms in total. The molecule has 0 aliphatic rings. The predicted molar refractivity (Wildman–Crippen MR) is 127 cm³/mol. The van der Waals surface area contributed by atoms with Crippen LogP contribution in [0.3, 0.4) is 0 Å². The quantitative estimate of drug-likeness (QED) is 0.380. The Bertz CT molecular complexity index is 1290. The van der Waals surface area contributed by atoms with Gasteiger partial charge in [-0.25, -0.2) is 14.6 Å². The Balaban J connectivity index is 1.68. The van der Waals surface area contributed by atoms with Crippen molar-refractivity contribution >= 4 is 38.7 Å². The lowest BCUT2D eigenvalue weighted by Gasteiger charge is -2.21. The molecule has 9 heteroatoms. The molecule has 0 aliphatic carbocycles. The maximum Gasteiger partial charge on any atom is 0.246 e. The number of aromatic nitrogens is 4. The number of hydrogen-bond acceptors (Lipinski definition) is 6. The Kier molecular flexibility index (Phi) is 6.18. The molecule has 2 aromatic carbocycles. The number of phenolic OH excluding ortho intramolecular Hbond substituents is 1. The lowest BCUT2D eigenvalue weighted by Crippen LogP contribution is -2.32. The highest BCUT2D eigenvalue weighted by atomic mass is 79.9. The fraction of sp³-hybridized carbons (Fsp3) is 0.130. The van der Waals surface area contributed by atoms with E-state index in [0.29, 0.717) is 52.2 Å². The summed E-state index contributed by atoms with van der Waals surface area (Å²) in [6.45, 7) is 4.86. The first-order valence-corrected chi connectivity index (χ1v) is 10.7. The first-order chi connectivity index (χ1) is 15.5. The normalized spacial score (nSPS) is 10.9. The van der Waals surface area contributed by atoms with Crippen molar-refractivity contribution in [2.75, 3.05) is 12.3 Å². The molecule has 0 aliphatic heterocycles. The van der Waals surface area contributed by atoms with Crippen molar-refractivity contribution in [3.63, 3.8) is 0 Å². The standard InChI is InChI=1S/C23H21BrN6O2/c1-2-19(32)29(13-15-6-4-3-5-7-15)10-11-30-23-20(22(25)26-14-27-23)21(28-30)16-8-9-17(24)18(31)12-16/h2-9,12,14,31H,1,10-11,13H2,(H2,25,26,27). The van der Waals surface area contributed by atoms with Gasteiger partial charge in [-0.1, -0.05) is 43.0 Å². The monoisotopic (exact) mass is 492 g/mol. The van der Waals surface area contributed by atoms with Gasteiger partial charge in [-0.2, -0.15) is 5.10 Å². The van der Waals surface area contributed by atoms with E-state index in [1.165, 1.54) is 12.4 Å². The summed E-state index contributed by atoms with van der Waals surface area (Å²) in [6.07, 6.45) is 2.69. The number of benzene rings is 2. The maximum absolute atomic E-state index is 12.5. The van der Waals surface area contributed by atoms with E-state index in [0.717, 1.165) is 5.56 Å². The van der Waals surface area contributed by atoms with Crippen molar-refractivity contribution in [1.29, 1.82) is 0 Å². The number of halogens is 1. The molecule has 0 spiro atoms. The molecule has 0 radical (unpaired) electrons. The Morgan fingerprint density at radius 1 is 1.22 bits per heavy atom. The molecule has 162 valence electrons. The number of amides is 1. The summed E-state index contributed by atoms with van der Waals surface area (Å²) in [5, 5.41) is 15.4. The summed E-state index contributed by atoms with van der Waals surface area (Å²) >= 11 is 3.29. The first kappa shape index (κ1) is 21.5. The second kappa shape index (κ2) is 9.19. The van der Waals surface area contributed by atoms with Crippen LogP contribution in [0.4, 0.5) is 5.82 Å². The van der Waals surface area contributed by atoms with E-state index in [1.807, 2.05) is 36.4 Å². The molecular weight excluding hydrogens is 472 g/mol. The van der Waals surface area contributed by atoms with Gasteiger partial charge in [0.05, 0.1) is 16.4 Å². The van der Waals surface area contributed by atoms with Gasteiger partial charge in [0, 0.05) is 18.7 Å². The number of carbonyl (C=O) groups is 1. The first-order valence-electron chi connectivity index (χ1n) is 9.89. The molecule has 0 unspecified atom stereocenters. The van der Waals surface area contributed by atoms with E-state index in [2.05, 4.69) is 32.5 Å². The minimum Gasteiger partial charge on any atom is -0.507 e. The van der Waals surface area contributed by atoms with Crippen molar-refractivity contribution in [2.45, 2.75) is 13.1 Å². The third-order valence-electron chi connectivity index (χ3n) is 5.06. The molecule has 32 heavy (non-hydrogen) atoms. The summed E-state index contributed by atoms with van der Waals surface area (Å²) in [6, 6.07) is 14.9. The average molecular weight is 493 g/mol. The van der Waals surface area contributed by atoms with Crippen LogP contribution >= 0.6 is 15.9 Å². The van der Waals surface area contributed by atoms with Gasteiger partial charge >= 0.3 is 0 Å². The molecule has 4 aromatic rings. The molecule has 2 heterocycles. The Hall–Kier alpha value is -3.72.